The van der Waals surface area contributed by atoms with Gasteiger partial charge in [0, 0.05) is 18.4 Å². The lowest BCUT2D eigenvalue weighted by Crippen LogP contribution is -2.65. The maximum Gasteiger partial charge on any atom is 0.335 e. The van der Waals surface area contributed by atoms with E-state index in [-0.39, 0.29) is 34.9 Å². The van der Waals surface area contributed by atoms with Crippen molar-refractivity contribution in [1.29, 1.82) is 0 Å². The summed E-state index contributed by atoms with van der Waals surface area (Å²) in [5.74, 6) is 0.626. The van der Waals surface area contributed by atoms with Crippen LogP contribution in [0.25, 0.3) is 0 Å². The van der Waals surface area contributed by atoms with Crippen molar-refractivity contribution >= 4 is 5.97 Å². The molecule has 9 unspecified atom stereocenters. The molecule has 0 spiro atoms. The molecular formula is C26H36O6. The first-order chi connectivity index (χ1) is 15.1. The number of rotatable bonds is 2. The van der Waals surface area contributed by atoms with Crippen molar-refractivity contribution in [3.05, 3.63) is 34.4 Å². The lowest BCUT2D eigenvalue weighted by molar-refractivity contribution is -0.234. The molecule has 1 heterocycles. The summed E-state index contributed by atoms with van der Waals surface area (Å²) in [5.41, 5.74) is -1.02. The number of hydrogen-bond donors (Lipinski definition) is 2. The molecule has 6 nitrogen and oxygen atoms in total. The van der Waals surface area contributed by atoms with Gasteiger partial charge in [0.1, 0.15) is 6.10 Å². The summed E-state index contributed by atoms with van der Waals surface area (Å²) in [7, 11) is 0. The lowest BCUT2D eigenvalue weighted by Gasteiger charge is -2.64. The van der Waals surface area contributed by atoms with E-state index in [2.05, 4.69) is 13.8 Å². The molecule has 0 amide bonds. The molecule has 0 aliphatic heterocycles. The Hall–Kier alpha value is -1.66. The Morgan fingerprint density at radius 1 is 1.09 bits per heavy atom. The predicted molar refractivity (Wildman–Crippen MR) is 118 cm³/mol. The molecule has 1 aromatic rings. The number of hydrogen-bond acceptors (Lipinski definition) is 6. The van der Waals surface area contributed by atoms with Crippen LogP contribution < -0.4 is 5.63 Å². The Bertz CT molecular complexity index is 935. The van der Waals surface area contributed by atoms with Gasteiger partial charge in [-0.1, -0.05) is 13.8 Å². The van der Waals surface area contributed by atoms with E-state index in [0.29, 0.717) is 18.3 Å². The van der Waals surface area contributed by atoms with E-state index < -0.39 is 17.1 Å². The van der Waals surface area contributed by atoms with Gasteiger partial charge in [-0.05, 0) is 92.1 Å². The first-order valence-corrected chi connectivity index (χ1v) is 12.3. The van der Waals surface area contributed by atoms with Crippen LogP contribution in [0.15, 0.2) is 27.6 Å². The minimum absolute atomic E-state index is 0.00764. The highest BCUT2D eigenvalue weighted by molar-refractivity contribution is 5.66. The molecule has 6 heteroatoms. The Morgan fingerprint density at radius 3 is 2.56 bits per heavy atom. The predicted octanol–water partition coefficient (Wildman–Crippen LogP) is 3.78. The zero-order valence-corrected chi connectivity index (χ0v) is 19.4. The van der Waals surface area contributed by atoms with Crippen LogP contribution in [0.3, 0.4) is 0 Å². The summed E-state index contributed by atoms with van der Waals surface area (Å²) in [5, 5.41) is 23.6. The van der Waals surface area contributed by atoms with Gasteiger partial charge in [0.15, 0.2) is 0 Å². The van der Waals surface area contributed by atoms with Gasteiger partial charge in [-0.25, -0.2) is 4.79 Å². The van der Waals surface area contributed by atoms with Crippen LogP contribution in [-0.2, 0) is 9.53 Å². The molecule has 4 fully saturated rings. The van der Waals surface area contributed by atoms with E-state index in [1.165, 1.54) is 19.3 Å². The second-order valence-corrected chi connectivity index (χ2v) is 11.5. The molecule has 4 aliphatic rings. The average molecular weight is 445 g/mol. The molecule has 4 saturated carbocycles. The summed E-state index contributed by atoms with van der Waals surface area (Å²) in [6, 6.07) is 3.22. The van der Waals surface area contributed by atoms with Crippen molar-refractivity contribution in [2.45, 2.75) is 95.9 Å². The molecule has 9 atom stereocenters. The second kappa shape index (κ2) is 7.42. The van der Waals surface area contributed by atoms with Crippen LogP contribution in [-0.4, -0.2) is 34.0 Å². The van der Waals surface area contributed by atoms with Crippen molar-refractivity contribution in [2.75, 3.05) is 0 Å². The van der Waals surface area contributed by atoms with Crippen LogP contribution in [0, 0.1) is 28.6 Å². The third kappa shape index (κ3) is 2.98. The number of fused-ring (bicyclic) bond motifs is 5. The maximum atomic E-state index is 12.3. The van der Waals surface area contributed by atoms with Crippen LogP contribution in [0.1, 0.15) is 83.6 Å². The van der Waals surface area contributed by atoms with Crippen molar-refractivity contribution in [3.63, 3.8) is 0 Å². The number of aliphatic hydroxyl groups excluding tert-OH is 1. The smallest absolute Gasteiger partial charge is 0.335 e. The number of ether oxygens (including phenoxy) is 1. The summed E-state index contributed by atoms with van der Waals surface area (Å²) in [6.07, 6.45) is 7.72. The van der Waals surface area contributed by atoms with E-state index in [1.54, 1.807) is 6.07 Å². The summed E-state index contributed by atoms with van der Waals surface area (Å²) in [4.78, 5) is 23.0. The normalized spacial score (nSPS) is 47.8. The van der Waals surface area contributed by atoms with Gasteiger partial charge in [-0.3, -0.25) is 4.79 Å². The monoisotopic (exact) mass is 444 g/mol. The zero-order valence-electron chi connectivity index (χ0n) is 19.4. The lowest BCUT2D eigenvalue weighted by atomic mass is 9.43. The van der Waals surface area contributed by atoms with E-state index in [4.69, 9.17) is 9.15 Å². The fourth-order valence-corrected chi connectivity index (χ4v) is 8.65. The van der Waals surface area contributed by atoms with E-state index >= 15 is 0 Å². The summed E-state index contributed by atoms with van der Waals surface area (Å²) >= 11 is 0. The molecule has 176 valence electrons. The minimum atomic E-state index is -1.16. The van der Waals surface area contributed by atoms with Gasteiger partial charge in [-0.2, -0.15) is 0 Å². The molecule has 0 aromatic carbocycles. The standard InChI is InChI=1S/C26H36O6/c1-15(27)32-18-8-10-24(2)17(12-18)5-6-20-19(24)9-11-25(3)21(13-22(28)26(20,25)30)16-4-7-23(29)31-14-16/h4,7,14,17-22,28,30H,5-6,8-13H2,1-3H3. The first-order valence-electron chi connectivity index (χ1n) is 12.3. The van der Waals surface area contributed by atoms with Gasteiger partial charge < -0.3 is 19.4 Å². The van der Waals surface area contributed by atoms with Gasteiger partial charge >= 0.3 is 11.6 Å². The van der Waals surface area contributed by atoms with E-state index in [1.807, 2.05) is 0 Å². The average Bonchev–Trinajstić information content (AvgIpc) is 2.95. The van der Waals surface area contributed by atoms with Crippen LogP contribution in [0.4, 0.5) is 0 Å². The topological polar surface area (TPSA) is 97.0 Å². The largest absolute Gasteiger partial charge is 0.463 e. The minimum Gasteiger partial charge on any atom is -0.463 e. The fourth-order valence-electron chi connectivity index (χ4n) is 8.65. The number of aliphatic hydroxyl groups is 2. The van der Waals surface area contributed by atoms with Crippen LogP contribution in [0.2, 0.25) is 0 Å². The number of carbonyl (C=O) groups excluding carboxylic acids is 1. The van der Waals surface area contributed by atoms with Crippen LogP contribution >= 0.6 is 0 Å². The Morgan fingerprint density at radius 2 is 1.88 bits per heavy atom. The highest BCUT2D eigenvalue weighted by Gasteiger charge is 2.70. The number of carbonyl (C=O) groups is 1. The molecular weight excluding hydrogens is 408 g/mol. The summed E-state index contributed by atoms with van der Waals surface area (Å²) < 4.78 is 10.7. The fraction of sp³-hybridized carbons (Fsp3) is 0.769. The van der Waals surface area contributed by atoms with E-state index in [0.717, 1.165) is 50.5 Å². The molecule has 0 bridgehead atoms. The Labute approximate surface area is 189 Å². The van der Waals surface area contributed by atoms with Crippen LogP contribution in [0.5, 0.6) is 0 Å². The molecule has 32 heavy (non-hydrogen) atoms. The van der Waals surface area contributed by atoms with Gasteiger partial charge in [0.2, 0.25) is 0 Å². The van der Waals surface area contributed by atoms with Gasteiger partial charge in [0.25, 0.3) is 0 Å². The highest BCUT2D eigenvalue weighted by atomic mass is 16.5. The zero-order chi connectivity index (χ0) is 22.9. The Balaban J connectivity index is 1.45. The molecule has 0 radical (unpaired) electrons. The third-order valence-electron chi connectivity index (χ3n) is 10.3. The quantitative estimate of drug-likeness (QED) is 0.674. The first kappa shape index (κ1) is 22.1. The molecule has 4 aliphatic carbocycles. The van der Waals surface area contributed by atoms with Gasteiger partial charge in [-0.15, -0.1) is 0 Å². The maximum absolute atomic E-state index is 12.3. The second-order valence-electron chi connectivity index (χ2n) is 11.5. The Kier molecular flexibility index (Phi) is 5.14. The van der Waals surface area contributed by atoms with Crippen molar-refractivity contribution in [2.24, 2.45) is 28.6 Å². The SMILES string of the molecule is CC(=O)OC1CCC2(C)C(CCC3C2CCC2(C)C(c4ccc(=O)oc4)CC(O)C32O)C1. The van der Waals surface area contributed by atoms with Crippen molar-refractivity contribution in [1.82, 2.24) is 0 Å². The van der Waals surface area contributed by atoms with E-state index in [9.17, 15) is 19.8 Å². The van der Waals surface area contributed by atoms with Crippen molar-refractivity contribution in [3.8, 4) is 0 Å². The molecule has 2 N–H and O–H groups in total. The van der Waals surface area contributed by atoms with Crippen molar-refractivity contribution < 1.29 is 24.2 Å². The molecule has 5 rings (SSSR count). The molecule has 0 saturated heterocycles. The number of esters is 1. The molecule has 1 aromatic heterocycles. The summed E-state index contributed by atoms with van der Waals surface area (Å²) in [6.45, 7) is 5.98. The third-order valence-corrected chi connectivity index (χ3v) is 10.3. The highest BCUT2D eigenvalue weighted by Crippen LogP contribution is 2.70. The van der Waals surface area contributed by atoms with Gasteiger partial charge in [0.05, 0.1) is 18.0 Å².